The van der Waals surface area contributed by atoms with Gasteiger partial charge in [-0.1, -0.05) is 20.3 Å². The number of rotatable bonds is 5. The van der Waals surface area contributed by atoms with Gasteiger partial charge in [0.15, 0.2) is 0 Å². The van der Waals surface area contributed by atoms with Crippen LogP contribution in [0.1, 0.15) is 26.7 Å². The number of carbonyl (C=O) groups excluding carboxylic acids is 1. The predicted octanol–water partition coefficient (Wildman–Crippen LogP) is 1.42. The molecule has 1 radical (unpaired) electrons. The minimum absolute atomic E-state index is 0.608. The zero-order valence-corrected chi connectivity index (χ0v) is 7.05. The Hall–Kier alpha value is -0.530. The van der Waals surface area contributed by atoms with Crippen molar-refractivity contribution in [1.29, 1.82) is 0 Å². The van der Waals surface area contributed by atoms with E-state index < -0.39 is 0 Å². The molecule has 0 aliphatic rings. The molecule has 0 saturated heterocycles. The molecule has 59 valence electrons. The molecule has 0 bridgehead atoms. The molecule has 0 aromatic rings. The fourth-order valence-electron chi connectivity index (χ4n) is 1.09. The highest BCUT2D eigenvalue weighted by molar-refractivity contribution is 5.47. The summed E-state index contributed by atoms with van der Waals surface area (Å²) in [6, 6.07) is 0. The van der Waals surface area contributed by atoms with Gasteiger partial charge in [-0.05, 0) is 12.3 Å². The molecule has 0 aromatic carbocycles. The summed E-state index contributed by atoms with van der Waals surface area (Å²) in [7, 11) is 1.76. The normalized spacial score (nSPS) is 12.7. The third kappa shape index (κ3) is 4.36. The van der Waals surface area contributed by atoms with Crippen molar-refractivity contribution in [1.82, 2.24) is 4.90 Å². The molecule has 1 atom stereocenters. The average Bonchev–Trinajstić information content (AvgIpc) is 1.88. The van der Waals surface area contributed by atoms with Gasteiger partial charge in [0.05, 0.1) is 0 Å². The van der Waals surface area contributed by atoms with Gasteiger partial charge in [0.1, 0.15) is 0 Å². The lowest BCUT2D eigenvalue weighted by Crippen LogP contribution is -2.22. The number of hydrogen-bond acceptors (Lipinski definition) is 1. The molecular weight excluding hydrogens is 126 g/mol. The predicted molar refractivity (Wildman–Crippen MR) is 42.4 cm³/mol. The highest BCUT2D eigenvalue weighted by Gasteiger charge is 2.02. The fourth-order valence-corrected chi connectivity index (χ4v) is 1.09. The highest BCUT2D eigenvalue weighted by atomic mass is 16.1. The second-order valence-corrected chi connectivity index (χ2v) is 2.87. The molecule has 0 fully saturated rings. The summed E-state index contributed by atoms with van der Waals surface area (Å²) < 4.78 is 0. The van der Waals surface area contributed by atoms with Gasteiger partial charge in [0.25, 0.3) is 0 Å². The first-order chi connectivity index (χ1) is 4.70. The van der Waals surface area contributed by atoms with Gasteiger partial charge in [-0.3, -0.25) is 4.79 Å². The summed E-state index contributed by atoms with van der Waals surface area (Å²) in [4.78, 5) is 11.6. The van der Waals surface area contributed by atoms with Crippen molar-refractivity contribution in [3.05, 3.63) is 0 Å². The Morgan fingerprint density at radius 2 is 2.20 bits per heavy atom. The van der Waals surface area contributed by atoms with Crippen molar-refractivity contribution in [2.45, 2.75) is 26.7 Å². The Morgan fingerprint density at radius 3 is 2.60 bits per heavy atom. The van der Waals surface area contributed by atoms with Crippen LogP contribution >= 0.6 is 0 Å². The van der Waals surface area contributed by atoms with Crippen molar-refractivity contribution in [2.24, 2.45) is 5.92 Å². The number of hydrogen-bond donors (Lipinski definition) is 0. The lowest BCUT2D eigenvalue weighted by Gasteiger charge is -2.14. The van der Waals surface area contributed by atoms with E-state index in [1.54, 1.807) is 11.9 Å². The van der Waals surface area contributed by atoms with Gasteiger partial charge in [0.2, 0.25) is 0 Å². The number of amides is 1. The lowest BCUT2D eigenvalue weighted by molar-refractivity contribution is 0.361. The molecule has 1 amide bonds. The van der Waals surface area contributed by atoms with Crippen molar-refractivity contribution in [3.63, 3.8) is 0 Å². The van der Waals surface area contributed by atoms with E-state index in [4.69, 9.17) is 0 Å². The Labute approximate surface area is 63.2 Å². The van der Waals surface area contributed by atoms with E-state index in [0.717, 1.165) is 6.54 Å². The summed E-state index contributed by atoms with van der Waals surface area (Å²) in [6.45, 7) is 5.13. The molecule has 0 heterocycles. The molecule has 0 aliphatic heterocycles. The third-order valence-corrected chi connectivity index (χ3v) is 1.52. The molecule has 2 heteroatoms. The SMILES string of the molecule is CCCC(C)CN(C)[C]=O. The molecule has 1 unspecified atom stereocenters. The molecule has 0 saturated carbocycles. The minimum atomic E-state index is 0.608. The van der Waals surface area contributed by atoms with E-state index in [0.29, 0.717) is 5.92 Å². The van der Waals surface area contributed by atoms with E-state index in [2.05, 4.69) is 13.8 Å². The van der Waals surface area contributed by atoms with E-state index in [9.17, 15) is 4.79 Å². The Kier molecular flexibility index (Phi) is 4.99. The first-order valence-corrected chi connectivity index (χ1v) is 3.79. The average molecular weight is 142 g/mol. The second-order valence-electron chi connectivity index (χ2n) is 2.87. The topological polar surface area (TPSA) is 20.3 Å². The van der Waals surface area contributed by atoms with E-state index >= 15 is 0 Å². The van der Waals surface area contributed by atoms with Gasteiger partial charge < -0.3 is 4.90 Å². The van der Waals surface area contributed by atoms with E-state index in [1.165, 1.54) is 12.8 Å². The molecular formula is C8H16NO. The summed E-state index contributed by atoms with van der Waals surface area (Å²) in [6.07, 6.45) is 4.21. The largest absolute Gasteiger partial charge is 0.337 e. The minimum Gasteiger partial charge on any atom is -0.337 e. The molecule has 0 N–H and O–H groups in total. The van der Waals surface area contributed by atoms with E-state index in [-0.39, 0.29) is 0 Å². The van der Waals surface area contributed by atoms with Crippen LogP contribution < -0.4 is 0 Å². The second kappa shape index (κ2) is 5.27. The molecule has 10 heavy (non-hydrogen) atoms. The van der Waals surface area contributed by atoms with Crippen molar-refractivity contribution in [3.8, 4) is 0 Å². The van der Waals surface area contributed by atoms with Crippen molar-refractivity contribution < 1.29 is 4.79 Å². The van der Waals surface area contributed by atoms with Crippen LogP contribution in [-0.2, 0) is 4.79 Å². The maximum Gasteiger partial charge on any atom is 0.311 e. The van der Waals surface area contributed by atoms with Crippen LogP contribution in [0.3, 0.4) is 0 Å². The van der Waals surface area contributed by atoms with Crippen LogP contribution in [0, 0.1) is 5.92 Å². The van der Waals surface area contributed by atoms with E-state index in [1.807, 2.05) is 6.41 Å². The lowest BCUT2D eigenvalue weighted by atomic mass is 10.1. The van der Waals surface area contributed by atoms with Gasteiger partial charge in [-0.25, -0.2) is 0 Å². The Balaban J connectivity index is 3.36. The summed E-state index contributed by atoms with van der Waals surface area (Å²) in [5, 5.41) is 0. The van der Waals surface area contributed by atoms with Gasteiger partial charge in [-0.15, -0.1) is 0 Å². The van der Waals surface area contributed by atoms with Crippen molar-refractivity contribution in [2.75, 3.05) is 13.6 Å². The van der Waals surface area contributed by atoms with Crippen LogP contribution in [0.2, 0.25) is 0 Å². The molecule has 0 aliphatic carbocycles. The quantitative estimate of drug-likeness (QED) is 0.532. The first-order valence-electron chi connectivity index (χ1n) is 3.79. The highest BCUT2D eigenvalue weighted by Crippen LogP contribution is 2.04. The first kappa shape index (κ1) is 9.47. The standard InChI is InChI=1S/C8H16NO/c1-4-5-8(2)6-9(3)7-10/h8H,4-6H2,1-3H3. The summed E-state index contributed by atoms with van der Waals surface area (Å²) >= 11 is 0. The van der Waals surface area contributed by atoms with Crippen LogP contribution in [-0.4, -0.2) is 24.9 Å². The maximum absolute atomic E-state index is 10.0. The Bertz CT molecular complexity index is 93.3. The molecule has 0 rings (SSSR count). The zero-order valence-electron chi connectivity index (χ0n) is 7.05. The summed E-state index contributed by atoms with van der Waals surface area (Å²) in [5.41, 5.74) is 0. The number of nitrogens with zero attached hydrogens (tertiary/aromatic N) is 1. The zero-order chi connectivity index (χ0) is 7.98. The monoisotopic (exact) mass is 142 g/mol. The van der Waals surface area contributed by atoms with Crippen LogP contribution in [0.15, 0.2) is 0 Å². The van der Waals surface area contributed by atoms with Crippen molar-refractivity contribution >= 4 is 6.41 Å². The fraction of sp³-hybridized carbons (Fsp3) is 0.875. The third-order valence-electron chi connectivity index (χ3n) is 1.52. The smallest absolute Gasteiger partial charge is 0.311 e. The summed E-state index contributed by atoms with van der Waals surface area (Å²) in [5.74, 6) is 0.608. The molecule has 0 aromatic heterocycles. The maximum atomic E-state index is 10.0. The molecule has 0 spiro atoms. The van der Waals surface area contributed by atoms with Crippen LogP contribution in [0.25, 0.3) is 0 Å². The Morgan fingerprint density at radius 1 is 1.60 bits per heavy atom. The molecule has 2 nitrogen and oxygen atoms in total. The van der Waals surface area contributed by atoms with Crippen LogP contribution in [0.5, 0.6) is 0 Å². The van der Waals surface area contributed by atoms with Gasteiger partial charge in [0, 0.05) is 13.6 Å². The van der Waals surface area contributed by atoms with Crippen LogP contribution in [0.4, 0.5) is 0 Å². The van der Waals surface area contributed by atoms with Gasteiger partial charge in [-0.2, -0.15) is 0 Å². The van der Waals surface area contributed by atoms with Gasteiger partial charge >= 0.3 is 6.41 Å².